The normalized spacial score (nSPS) is 14.9. The minimum absolute atomic E-state index is 0.0202. The molecule has 0 radical (unpaired) electrons. The Morgan fingerprint density at radius 2 is 1.70 bits per heavy atom. The monoisotopic (exact) mass is 308 g/mol. The highest BCUT2D eigenvalue weighted by Gasteiger charge is 2.51. The van der Waals surface area contributed by atoms with E-state index in [9.17, 15) is 9.59 Å². The highest BCUT2D eigenvalue weighted by Crippen LogP contribution is 2.49. The van der Waals surface area contributed by atoms with E-state index in [0.717, 1.165) is 29.7 Å². The van der Waals surface area contributed by atoms with Gasteiger partial charge in [-0.15, -0.1) is 0 Å². The van der Waals surface area contributed by atoms with Crippen LogP contribution in [0.5, 0.6) is 0 Å². The van der Waals surface area contributed by atoms with E-state index in [1.165, 1.54) is 6.92 Å². The summed E-state index contributed by atoms with van der Waals surface area (Å²) in [5.74, 6) is -0.110. The maximum atomic E-state index is 12.8. The molecule has 1 fully saturated rings. The number of carbonyl (C=O) groups is 2. The molecule has 2 aromatic rings. The average molecular weight is 308 g/mol. The SMILES string of the molecule is CC(=O)Nc1ccc(C)c(NC(=O)C2(c3ccccc3)CC2)c1. The van der Waals surface area contributed by atoms with Gasteiger partial charge in [0.25, 0.3) is 0 Å². The van der Waals surface area contributed by atoms with Crippen LogP contribution in [0.25, 0.3) is 0 Å². The van der Waals surface area contributed by atoms with Crippen LogP contribution in [0.3, 0.4) is 0 Å². The molecule has 118 valence electrons. The van der Waals surface area contributed by atoms with E-state index in [-0.39, 0.29) is 11.8 Å². The summed E-state index contributed by atoms with van der Waals surface area (Å²) >= 11 is 0. The van der Waals surface area contributed by atoms with Crippen LogP contribution in [0, 0.1) is 6.92 Å². The van der Waals surface area contributed by atoms with Gasteiger partial charge in [0.05, 0.1) is 5.41 Å². The fourth-order valence-corrected chi connectivity index (χ4v) is 2.81. The van der Waals surface area contributed by atoms with Gasteiger partial charge >= 0.3 is 0 Å². The first kappa shape index (κ1) is 15.3. The lowest BCUT2D eigenvalue weighted by Gasteiger charge is -2.17. The Hall–Kier alpha value is -2.62. The average Bonchev–Trinajstić information content (AvgIpc) is 3.33. The van der Waals surface area contributed by atoms with Crippen LogP contribution in [0.15, 0.2) is 48.5 Å². The van der Waals surface area contributed by atoms with Gasteiger partial charge in [0, 0.05) is 18.3 Å². The Morgan fingerprint density at radius 1 is 1.00 bits per heavy atom. The molecule has 0 aliphatic heterocycles. The second kappa shape index (κ2) is 5.88. The first-order valence-corrected chi connectivity index (χ1v) is 7.76. The molecule has 1 saturated carbocycles. The zero-order valence-corrected chi connectivity index (χ0v) is 13.3. The van der Waals surface area contributed by atoms with Crippen molar-refractivity contribution in [3.63, 3.8) is 0 Å². The predicted octanol–water partition coefficient (Wildman–Crippen LogP) is 3.62. The predicted molar refractivity (Wildman–Crippen MR) is 91.5 cm³/mol. The summed E-state index contributed by atoms with van der Waals surface area (Å²) in [6.07, 6.45) is 1.74. The van der Waals surface area contributed by atoms with E-state index in [1.807, 2.05) is 49.4 Å². The lowest BCUT2D eigenvalue weighted by molar-refractivity contribution is -0.118. The van der Waals surface area contributed by atoms with Crippen molar-refractivity contribution in [2.24, 2.45) is 0 Å². The molecule has 2 amide bonds. The van der Waals surface area contributed by atoms with E-state index in [0.29, 0.717) is 5.69 Å². The van der Waals surface area contributed by atoms with Crippen LogP contribution >= 0.6 is 0 Å². The molecule has 0 bridgehead atoms. The third-order valence-corrected chi connectivity index (χ3v) is 4.32. The number of benzene rings is 2. The van der Waals surface area contributed by atoms with Crippen LogP contribution in [0.1, 0.15) is 30.9 Å². The molecular weight excluding hydrogens is 288 g/mol. The van der Waals surface area contributed by atoms with Gasteiger partial charge in [0.2, 0.25) is 11.8 Å². The summed E-state index contributed by atoms with van der Waals surface area (Å²) < 4.78 is 0. The number of rotatable bonds is 4. The molecule has 0 aromatic heterocycles. The third-order valence-electron chi connectivity index (χ3n) is 4.32. The molecule has 0 spiro atoms. The van der Waals surface area contributed by atoms with Gasteiger partial charge in [-0.2, -0.15) is 0 Å². The van der Waals surface area contributed by atoms with E-state index in [2.05, 4.69) is 10.6 Å². The highest BCUT2D eigenvalue weighted by atomic mass is 16.2. The first-order chi connectivity index (χ1) is 11.0. The largest absolute Gasteiger partial charge is 0.326 e. The van der Waals surface area contributed by atoms with E-state index in [1.54, 1.807) is 6.07 Å². The van der Waals surface area contributed by atoms with Crippen LogP contribution < -0.4 is 10.6 Å². The fraction of sp³-hybridized carbons (Fsp3) is 0.263. The minimum Gasteiger partial charge on any atom is -0.326 e. The van der Waals surface area contributed by atoms with E-state index >= 15 is 0 Å². The van der Waals surface area contributed by atoms with Gasteiger partial charge in [-0.3, -0.25) is 9.59 Å². The lowest BCUT2D eigenvalue weighted by atomic mass is 9.95. The summed E-state index contributed by atoms with van der Waals surface area (Å²) in [7, 11) is 0. The number of hydrogen-bond donors (Lipinski definition) is 2. The zero-order valence-electron chi connectivity index (χ0n) is 13.3. The van der Waals surface area contributed by atoms with Crippen LogP contribution in [0.4, 0.5) is 11.4 Å². The molecule has 1 aliphatic rings. The smallest absolute Gasteiger partial charge is 0.235 e. The summed E-state index contributed by atoms with van der Waals surface area (Å²) in [6.45, 7) is 3.40. The Balaban J connectivity index is 1.82. The Labute approximate surface area is 135 Å². The fourth-order valence-electron chi connectivity index (χ4n) is 2.81. The van der Waals surface area contributed by atoms with E-state index in [4.69, 9.17) is 0 Å². The van der Waals surface area contributed by atoms with Crippen molar-refractivity contribution in [2.75, 3.05) is 10.6 Å². The topological polar surface area (TPSA) is 58.2 Å². The number of anilines is 2. The zero-order chi connectivity index (χ0) is 16.4. The van der Waals surface area contributed by atoms with Gasteiger partial charge in [-0.05, 0) is 43.0 Å². The molecule has 2 N–H and O–H groups in total. The molecule has 0 saturated heterocycles. The molecule has 1 aliphatic carbocycles. The maximum Gasteiger partial charge on any atom is 0.235 e. The van der Waals surface area contributed by atoms with Crippen molar-refractivity contribution in [2.45, 2.75) is 32.1 Å². The number of amides is 2. The number of hydrogen-bond acceptors (Lipinski definition) is 2. The maximum absolute atomic E-state index is 12.8. The number of carbonyl (C=O) groups excluding carboxylic acids is 2. The summed E-state index contributed by atoms with van der Waals surface area (Å²) in [5.41, 5.74) is 3.05. The molecule has 3 rings (SSSR count). The summed E-state index contributed by atoms with van der Waals surface area (Å²) in [4.78, 5) is 24.0. The van der Waals surface area contributed by atoms with Crippen molar-refractivity contribution >= 4 is 23.2 Å². The molecule has 0 unspecified atom stereocenters. The van der Waals surface area contributed by atoms with Gasteiger partial charge in [0.1, 0.15) is 0 Å². The van der Waals surface area contributed by atoms with Gasteiger partial charge in [0.15, 0.2) is 0 Å². The van der Waals surface area contributed by atoms with E-state index < -0.39 is 5.41 Å². The number of nitrogens with one attached hydrogen (secondary N) is 2. The third kappa shape index (κ3) is 3.11. The molecule has 2 aromatic carbocycles. The number of aryl methyl sites for hydroxylation is 1. The Kier molecular flexibility index (Phi) is 3.90. The molecule has 0 heterocycles. The lowest BCUT2D eigenvalue weighted by Crippen LogP contribution is -2.28. The second-order valence-electron chi connectivity index (χ2n) is 6.11. The van der Waals surface area contributed by atoms with Crippen molar-refractivity contribution in [3.8, 4) is 0 Å². The standard InChI is InChI=1S/C19H20N2O2/c1-13-8-9-16(20-14(2)22)12-17(13)21-18(23)19(10-11-19)15-6-4-3-5-7-15/h3-9,12H,10-11H2,1-2H3,(H,20,22)(H,21,23). The van der Waals surface area contributed by atoms with Crippen LogP contribution in [-0.4, -0.2) is 11.8 Å². The molecule has 4 heteroatoms. The Morgan fingerprint density at radius 3 is 2.30 bits per heavy atom. The summed E-state index contributed by atoms with van der Waals surface area (Å²) in [5, 5.41) is 5.78. The molecule has 23 heavy (non-hydrogen) atoms. The van der Waals surface area contributed by atoms with Crippen molar-refractivity contribution in [3.05, 3.63) is 59.7 Å². The van der Waals surface area contributed by atoms with Gasteiger partial charge in [-0.1, -0.05) is 36.4 Å². The molecule has 0 atom stereocenters. The first-order valence-electron chi connectivity index (χ1n) is 7.76. The highest BCUT2D eigenvalue weighted by molar-refractivity contribution is 6.02. The molecule has 4 nitrogen and oxygen atoms in total. The van der Waals surface area contributed by atoms with Crippen LogP contribution in [-0.2, 0) is 15.0 Å². The van der Waals surface area contributed by atoms with Crippen LogP contribution in [0.2, 0.25) is 0 Å². The molecular formula is C19H20N2O2. The second-order valence-corrected chi connectivity index (χ2v) is 6.11. The van der Waals surface area contributed by atoms with Gasteiger partial charge in [-0.25, -0.2) is 0 Å². The minimum atomic E-state index is -0.405. The Bertz CT molecular complexity index is 749. The van der Waals surface area contributed by atoms with Crippen molar-refractivity contribution in [1.29, 1.82) is 0 Å². The van der Waals surface area contributed by atoms with Crippen molar-refractivity contribution in [1.82, 2.24) is 0 Å². The quantitative estimate of drug-likeness (QED) is 0.906. The van der Waals surface area contributed by atoms with Gasteiger partial charge < -0.3 is 10.6 Å². The van der Waals surface area contributed by atoms with Crippen molar-refractivity contribution < 1.29 is 9.59 Å². The summed E-state index contributed by atoms with van der Waals surface area (Å²) in [6, 6.07) is 15.4.